The molecule has 1 rings (SSSR count). The van der Waals surface area contributed by atoms with Gasteiger partial charge in [0.1, 0.15) is 0 Å². The second-order valence-corrected chi connectivity index (χ2v) is 4.83. The second kappa shape index (κ2) is 4.79. The van der Waals surface area contributed by atoms with Crippen molar-refractivity contribution in [3.63, 3.8) is 0 Å². The number of hydrogen-bond acceptors (Lipinski definition) is 1. The van der Waals surface area contributed by atoms with E-state index < -0.39 is 0 Å². The van der Waals surface area contributed by atoms with Crippen LogP contribution in [0, 0.1) is 17.3 Å². The van der Waals surface area contributed by atoms with Gasteiger partial charge in [-0.3, -0.25) is 0 Å². The minimum atomic E-state index is 0.0198. The molecule has 3 atom stereocenters. The molecule has 0 fully saturated rings. The molecule has 0 saturated carbocycles. The van der Waals surface area contributed by atoms with Gasteiger partial charge in [0.05, 0.1) is 0 Å². The predicted molar refractivity (Wildman–Crippen MR) is 61.0 cm³/mol. The van der Waals surface area contributed by atoms with Gasteiger partial charge in [0.25, 0.3) is 0 Å². The molecule has 0 spiro atoms. The lowest BCUT2D eigenvalue weighted by Crippen LogP contribution is -2.35. The predicted octanol–water partition coefficient (Wildman–Crippen LogP) is 3.16. The Labute approximate surface area is 87.5 Å². The third kappa shape index (κ3) is 2.27. The Kier molecular flexibility index (Phi) is 3.94. The Hall–Kier alpha value is -0.560. The highest BCUT2D eigenvalue weighted by Crippen LogP contribution is 2.41. The van der Waals surface area contributed by atoms with Gasteiger partial charge < -0.3 is 5.11 Å². The topological polar surface area (TPSA) is 20.2 Å². The van der Waals surface area contributed by atoms with Crippen molar-refractivity contribution in [3.05, 3.63) is 24.8 Å². The smallest absolute Gasteiger partial charge is 0.0490 e. The molecule has 1 heteroatoms. The molecule has 1 aliphatic rings. The van der Waals surface area contributed by atoms with Crippen molar-refractivity contribution in [1.29, 1.82) is 0 Å². The van der Waals surface area contributed by atoms with E-state index in [1.807, 2.05) is 6.08 Å². The Morgan fingerprint density at radius 2 is 2.14 bits per heavy atom. The highest BCUT2D eigenvalue weighted by molar-refractivity contribution is 5.00. The van der Waals surface area contributed by atoms with Crippen LogP contribution in [0.3, 0.4) is 0 Å². The molecule has 0 radical (unpaired) electrons. The van der Waals surface area contributed by atoms with Gasteiger partial charge in [-0.1, -0.05) is 32.1 Å². The van der Waals surface area contributed by atoms with Crippen molar-refractivity contribution in [2.75, 3.05) is 6.61 Å². The van der Waals surface area contributed by atoms with Gasteiger partial charge in [0, 0.05) is 6.61 Å². The zero-order valence-corrected chi connectivity index (χ0v) is 9.37. The van der Waals surface area contributed by atoms with E-state index in [0.29, 0.717) is 11.8 Å². The van der Waals surface area contributed by atoms with Crippen molar-refractivity contribution in [1.82, 2.24) is 0 Å². The van der Waals surface area contributed by atoms with E-state index in [-0.39, 0.29) is 12.0 Å². The molecule has 1 nitrogen and oxygen atoms in total. The number of hydrogen-bond donors (Lipinski definition) is 1. The Balaban J connectivity index is 2.76. The lowest BCUT2D eigenvalue weighted by molar-refractivity contribution is 0.0496. The standard InChI is InChI=1S/C13H22O/c1-4-9-13(3,10-14)12-8-6-5-7-11(12)2/h4-6,11-12,14H,1,7-10H2,2-3H3. The van der Waals surface area contributed by atoms with Crippen LogP contribution in [-0.4, -0.2) is 11.7 Å². The van der Waals surface area contributed by atoms with Crippen LogP contribution in [-0.2, 0) is 0 Å². The molecular formula is C13H22O. The van der Waals surface area contributed by atoms with Crippen molar-refractivity contribution in [2.45, 2.75) is 33.1 Å². The number of allylic oxidation sites excluding steroid dienone is 3. The van der Waals surface area contributed by atoms with Crippen LogP contribution in [0.25, 0.3) is 0 Å². The summed E-state index contributed by atoms with van der Waals surface area (Å²) in [6, 6.07) is 0. The molecule has 1 aliphatic carbocycles. The third-order valence-electron chi connectivity index (χ3n) is 3.62. The van der Waals surface area contributed by atoms with Gasteiger partial charge in [0.2, 0.25) is 0 Å². The number of aliphatic hydroxyl groups is 1. The van der Waals surface area contributed by atoms with E-state index in [1.165, 1.54) is 0 Å². The summed E-state index contributed by atoms with van der Waals surface area (Å²) in [5.41, 5.74) is 0.0198. The summed E-state index contributed by atoms with van der Waals surface area (Å²) in [6.07, 6.45) is 9.60. The van der Waals surface area contributed by atoms with E-state index in [2.05, 4.69) is 32.6 Å². The summed E-state index contributed by atoms with van der Waals surface area (Å²) in [7, 11) is 0. The molecule has 0 aliphatic heterocycles. The normalized spacial score (nSPS) is 31.1. The first kappa shape index (κ1) is 11.5. The fourth-order valence-corrected chi connectivity index (χ4v) is 2.58. The van der Waals surface area contributed by atoms with Crippen molar-refractivity contribution >= 4 is 0 Å². The molecule has 0 heterocycles. The number of rotatable bonds is 4. The first-order valence-corrected chi connectivity index (χ1v) is 5.51. The van der Waals surface area contributed by atoms with Gasteiger partial charge in [0.15, 0.2) is 0 Å². The SMILES string of the molecule is C=CCC(C)(CO)C1CC=CCC1C. The van der Waals surface area contributed by atoms with E-state index in [9.17, 15) is 5.11 Å². The molecule has 1 N–H and O–H groups in total. The maximum Gasteiger partial charge on any atom is 0.0490 e. The van der Waals surface area contributed by atoms with Crippen LogP contribution in [0.2, 0.25) is 0 Å². The fourth-order valence-electron chi connectivity index (χ4n) is 2.58. The van der Waals surface area contributed by atoms with Crippen molar-refractivity contribution < 1.29 is 5.11 Å². The first-order valence-electron chi connectivity index (χ1n) is 5.51. The highest BCUT2D eigenvalue weighted by Gasteiger charge is 2.35. The van der Waals surface area contributed by atoms with Gasteiger partial charge in [-0.25, -0.2) is 0 Å². The second-order valence-electron chi connectivity index (χ2n) is 4.83. The molecule has 80 valence electrons. The lowest BCUT2D eigenvalue weighted by atomic mass is 9.66. The minimum Gasteiger partial charge on any atom is -0.396 e. The van der Waals surface area contributed by atoms with Crippen LogP contribution in [0.4, 0.5) is 0 Å². The van der Waals surface area contributed by atoms with Crippen LogP contribution < -0.4 is 0 Å². The molecule has 0 aromatic rings. The van der Waals surface area contributed by atoms with Gasteiger partial charge in [-0.15, -0.1) is 6.58 Å². The van der Waals surface area contributed by atoms with E-state index in [4.69, 9.17) is 0 Å². The average Bonchev–Trinajstić information content (AvgIpc) is 2.18. The highest BCUT2D eigenvalue weighted by atomic mass is 16.3. The van der Waals surface area contributed by atoms with E-state index in [0.717, 1.165) is 19.3 Å². The Bertz CT molecular complexity index is 219. The van der Waals surface area contributed by atoms with Gasteiger partial charge in [-0.2, -0.15) is 0 Å². The first-order chi connectivity index (χ1) is 6.64. The molecular weight excluding hydrogens is 172 g/mol. The lowest BCUT2D eigenvalue weighted by Gasteiger charge is -2.40. The Morgan fingerprint density at radius 3 is 2.64 bits per heavy atom. The summed E-state index contributed by atoms with van der Waals surface area (Å²) in [5.74, 6) is 1.27. The van der Waals surface area contributed by atoms with Gasteiger partial charge in [-0.05, 0) is 36.5 Å². The van der Waals surface area contributed by atoms with E-state index in [1.54, 1.807) is 0 Å². The zero-order valence-electron chi connectivity index (χ0n) is 9.37. The van der Waals surface area contributed by atoms with Crippen molar-refractivity contribution in [3.8, 4) is 0 Å². The number of aliphatic hydroxyl groups excluding tert-OH is 1. The molecule has 14 heavy (non-hydrogen) atoms. The van der Waals surface area contributed by atoms with Crippen LogP contribution in [0.15, 0.2) is 24.8 Å². The maximum absolute atomic E-state index is 9.51. The monoisotopic (exact) mass is 194 g/mol. The summed E-state index contributed by atoms with van der Waals surface area (Å²) in [6.45, 7) is 8.51. The Morgan fingerprint density at radius 1 is 1.50 bits per heavy atom. The quantitative estimate of drug-likeness (QED) is 0.682. The molecule has 3 unspecified atom stereocenters. The average molecular weight is 194 g/mol. The van der Waals surface area contributed by atoms with Crippen molar-refractivity contribution in [2.24, 2.45) is 17.3 Å². The summed E-state index contributed by atoms with van der Waals surface area (Å²) >= 11 is 0. The summed E-state index contributed by atoms with van der Waals surface area (Å²) in [4.78, 5) is 0. The minimum absolute atomic E-state index is 0.0198. The van der Waals surface area contributed by atoms with Gasteiger partial charge >= 0.3 is 0 Å². The maximum atomic E-state index is 9.51. The van der Waals surface area contributed by atoms with Crippen LogP contribution in [0.5, 0.6) is 0 Å². The van der Waals surface area contributed by atoms with E-state index >= 15 is 0 Å². The largest absolute Gasteiger partial charge is 0.396 e. The molecule has 0 saturated heterocycles. The zero-order chi connectivity index (χ0) is 10.6. The molecule has 0 aromatic carbocycles. The fraction of sp³-hybridized carbons (Fsp3) is 0.692. The third-order valence-corrected chi connectivity index (χ3v) is 3.62. The van der Waals surface area contributed by atoms with Crippen LogP contribution in [0.1, 0.15) is 33.1 Å². The van der Waals surface area contributed by atoms with Crippen LogP contribution >= 0.6 is 0 Å². The summed E-state index contributed by atoms with van der Waals surface area (Å²) < 4.78 is 0. The summed E-state index contributed by atoms with van der Waals surface area (Å²) in [5, 5.41) is 9.51. The molecule has 0 amide bonds. The molecule has 0 aromatic heterocycles. The molecule has 0 bridgehead atoms.